The third-order valence-corrected chi connectivity index (χ3v) is 4.12. The van der Waals surface area contributed by atoms with Crippen LogP contribution in [-0.4, -0.2) is 63.3 Å². The largest absolute Gasteiger partial charge is 0.454 e. The van der Waals surface area contributed by atoms with Crippen molar-refractivity contribution in [3.63, 3.8) is 0 Å². The Morgan fingerprint density at radius 2 is 2.16 bits per heavy atom. The molecule has 2 rings (SSSR count). The Bertz CT molecular complexity index is 565. The minimum absolute atomic E-state index is 0.165. The highest BCUT2D eigenvalue weighted by molar-refractivity contribution is 5.89. The number of carbonyl (C=O) groups is 1. The lowest BCUT2D eigenvalue weighted by Gasteiger charge is -2.34. The zero-order valence-electron chi connectivity index (χ0n) is 15.0. The number of aliphatic imine (C=N–C) groups is 1. The number of nitrogens with two attached hydrogens (primary N) is 1. The number of furan rings is 1. The average Bonchev–Trinajstić information content (AvgIpc) is 3.10. The van der Waals surface area contributed by atoms with E-state index in [-0.39, 0.29) is 5.76 Å². The van der Waals surface area contributed by atoms with Gasteiger partial charge < -0.3 is 29.8 Å². The molecule has 1 fully saturated rings. The van der Waals surface area contributed by atoms with E-state index in [1.165, 1.54) is 0 Å². The average molecular weight is 352 g/mol. The number of carbonyl (C=O) groups excluding carboxylic acids is 1. The van der Waals surface area contributed by atoms with Crippen molar-refractivity contribution in [1.29, 1.82) is 0 Å². The lowest BCUT2D eigenvalue weighted by Crippen LogP contribution is -2.46. The lowest BCUT2D eigenvalue weighted by atomic mass is 10.1. The first-order valence-electron chi connectivity index (χ1n) is 8.58. The summed E-state index contributed by atoms with van der Waals surface area (Å²) in [4.78, 5) is 17.6. The van der Waals surface area contributed by atoms with Crippen LogP contribution in [0.2, 0.25) is 0 Å². The highest BCUT2D eigenvalue weighted by Gasteiger charge is 2.22. The lowest BCUT2D eigenvalue weighted by molar-refractivity contribution is 0.00988. The van der Waals surface area contributed by atoms with E-state index in [1.807, 2.05) is 0 Å². The van der Waals surface area contributed by atoms with Crippen LogP contribution in [0, 0.1) is 0 Å². The zero-order chi connectivity index (χ0) is 18.1. The van der Waals surface area contributed by atoms with Crippen LogP contribution in [0.5, 0.6) is 0 Å². The van der Waals surface area contributed by atoms with Gasteiger partial charge in [0.15, 0.2) is 11.7 Å². The molecule has 8 nitrogen and oxygen atoms in total. The number of hydrogen-bond acceptors (Lipinski definition) is 5. The molecular formula is C17H28N4O4. The second-order valence-corrected chi connectivity index (χ2v) is 5.93. The number of methoxy groups -OCH3 is 1. The summed E-state index contributed by atoms with van der Waals surface area (Å²) in [5.41, 5.74) is 5.19. The standard InChI is InChI=1S/C17H28N4O4/c1-19-17(20-12-14-4-5-15(25-14)16(18)22)21-8-6-13(7-9-21)24-11-3-10-23-2/h4-5,13H,3,6-12H2,1-2H3,(H2,18,22)(H,19,20). The van der Waals surface area contributed by atoms with Crippen LogP contribution in [-0.2, 0) is 16.0 Å². The molecule has 1 amide bonds. The summed E-state index contributed by atoms with van der Waals surface area (Å²) in [6, 6.07) is 3.31. The van der Waals surface area contributed by atoms with Crippen LogP contribution in [0.4, 0.5) is 0 Å². The number of ether oxygens (including phenoxy) is 2. The van der Waals surface area contributed by atoms with Gasteiger partial charge >= 0.3 is 0 Å². The molecule has 1 aliphatic heterocycles. The van der Waals surface area contributed by atoms with Gasteiger partial charge in [-0.15, -0.1) is 0 Å². The molecule has 1 saturated heterocycles. The molecule has 2 heterocycles. The van der Waals surface area contributed by atoms with Gasteiger partial charge in [0.25, 0.3) is 5.91 Å². The predicted octanol–water partition coefficient (Wildman–Crippen LogP) is 0.971. The van der Waals surface area contributed by atoms with E-state index < -0.39 is 5.91 Å². The molecule has 1 aliphatic rings. The molecule has 25 heavy (non-hydrogen) atoms. The van der Waals surface area contributed by atoms with Crippen molar-refractivity contribution in [3.05, 3.63) is 23.7 Å². The fourth-order valence-electron chi connectivity index (χ4n) is 2.79. The molecule has 0 aromatic carbocycles. The minimum Gasteiger partial charge on any atom is -0.454 e. The van der Waals surface area contributed by atoms with Crippen molar-refractivity contribution >= 4 is 11.9 Å². The number of rotatable bonds is 8. The quantitative estimate of drug-likeness (QED) is 0.411. The topological polar surface area (TPSA) is 102 Å². The molecule has 8 heteroatoms. The van der Waals surface area contributed by atoms with E-state index in [1.54, 1.807) is 26.3 Å². The predicted molar refractivity (Wildman–Crippen MR) is 94.5 cm³/mol. The summed E-state index contributed by atoms with van der Waals surface area (Å²) >= 11 is 0. The van der Waals surface area contributed by atoms with Gasteiger partial charge in [-0.05, 0) is 31.4 Å². The SMILES string of the molecule is CN=C(NCc1ccc(C(N)=O)o1)N1CCC(OCCCOC)CC1. The molecule has 1 aromatic heterocycles. The number of hydrogen-bond donors (Lipinski definition) is 2. The first-order valence-corrected chi connectivity index (χ1v) is 8.58. The van der Waals surface area contributed by atoms with Gasteiger partial charge in [0.1, 0.15) is 5.76 Å². The number of guanidine groups is 1. The number of likely N-dealkylation sites (tertiary alicyclic amines) is 1. The van der Waals surface area contributed by atoms with Crippen LogP contribution in [0.3, 0.4) is 0 Å². The Morgan fingerprint density at radius 1 is 1.40 bits per heavy atom. The molecule has 0 spiro atoms. The molecule has 0 bridgehead atoms. The second kappa shape index (κ2) is 10.0. The van der Waals surface area contributed by atoms with Gasteiger partial charge in [-0.1, -0.05) is 0 Å². The van der Waals surface area contributed by atoms with E-state index >= 15 is 0 Å². The highest BCUT2D eigenvalue weighted by atomic mass is 16.5. The third-order valence-electron chi connectivity index (χ3n) is 4.12. The van der Waals surface area contributed by atoms with Crippen molar-refractivity contribution in [2.24, 2.45) is 10.7 Å². The van der Waals surface area contributed by atoms with Crippen LogP contribution in [0.1, 0.15) is 35.6 Å². The van der Waals surface area contributed by atoms with Crippen LogP contribution < -0.4 is 11.1 Å². The van der Waals surface area contributed by atoms with Crippen LogP contribution in [0.25, 0.3) is 0 Å². The maximum atomic E-state index is 11.1. The molecule has 0 atom stereocenters. The Hall–Kier alpha value is -2.06. The number of nitrogens with zero attached hydrogens (tertiary/aromatic N) is 2. The monoisotopic (exact) mass is 352 g/mol. The van der Waals surface area contributed by atoms with E-state index in [4.69, 9.17) is 19.6 Å². The number of amides is 1. The Kier molecular flexibility index (Phi) is 7.75. The summed E-state index contributed by atoms with van der Waals surface area (Å²) in [5.74, 6) is 1.06. The first-order chi connectivity index (χ1) is 12.1. The van der Waals surface area contributed by atoms with Crippen molar-refractivity contribution in [3.8, 4) is 0 Å². The normalized spacial score (nSPS) is 16.2. The smallest absolute Gasteiger partial charge is 0.284 e. The summed E-state index contributed by atoms with van der Waals surface area (Å²) in [6.45, 7) is 3.71. The molecular weight excluding hydrogens is 324 g/mol. The summed E-state index contributed by atoms with van der Waals surface area (Å²) < 4.78 is 16.3. The molecule has 0 saturated carbocycles. The third kappa shape index (κ3) is 6.06. The molecule has 0 aliphatic carbocycles. The van der Waals surface area contributed by atoms with E-state index in [9.17, 15) is 4.79 Å². The van der Waals surface area contributed by atoms with E-state index in [0.717, 1.165) is 51.5 Å². The fraction of sp³-hybridized carbons (Fsp3) is 0.647. The van der Waals surface area contributed by atoms with Gasteiger partial charge in [-0.3, -0.25) is 9.79 Å². The van der Waals surface area contributed by atoms with Gasteiger partial charge in [0, 0.05) is 40.5 Å². The van der Waals surface area contributed by atoms with E-state index in [2.05, 4.69) is 15.2 Å². The maximum absolute atomic E-state index is 11.1. The highest BCUT2D eigenvalue weighted by Crippen LogP contribution is 2.14. The molecule has 0 unspecified atom stereocenters. The second-order valence-electron chi connectivity index (χ2n) is 5.93. The van der Waals surface area contributed by atoms with E-state index in [0.29, 0.717) is 18.4 Å². The minimum atomic E-state index is -0.566. The number of piperidine rings is 1. The van der Waals surface area contributed by atoms with Crippen molar-refractivity contribution in [1.82, 2.24) is 10.2 Å². The van der Waals surface area contributed by atoms with Crippen molar-refractivity contribution in [2.75, 3.05) is 40.5 Å². The Labute approximate surface area is 148 Å². The van der Waals surface area contributed by atoms with Crippen molar-refractivity contribution < 1.29 is 18.7 Å². The summed E-state index contributed by atoms with van der Waals surface area (Å²) in [7, 11) is 3.46. The van der Waals surface area contributed by atoms with Gasteiger partial charge in [0.2, 0.25) is 0 Å². The van der Waals surface area contributed by atoms with Gasteiger partial charge in [-0.2, -0.15) is 0 Å². The van der Waals surface area contributed by atoms with Crippen LogP contribution >= 0.6 is 0 Å². The van der Waals surface area contributed by atoms with Gasteiger partial charge in [0.05, 0.1) is 12.6 Å². The summed E-state index contributed by atoms with van der Waals surface area (Å²) in [6.07, 6.45) is 3.17. The molecule has 0 radical (unpaired) electrons. The fourth-order valence-corrected chi connectivity index (χ4v) is 2.79. The van der Waals surface area contributed by atoms with Gasteiger partial charge in [-0.25, -0.2) is 0 Å². The molecule has 1 aromatic rings. The number of primary amides is 1. The summed E-state index contributed by atoms with van der Waals surface area (Å²) in [5, 5.41) is 3.26. The number of nitrogens with one attached hydrogen (secondary N) is 1. The zero-order valence-corrected chi connectivity index (χ0v) is 15.0. The first kappa shape index (κ1) is 19.3. The Morgan fingerprint density at radius 3 is 2.76 bits per heavy atom. The maximum Gasteiger partial charge on any atom is 0.284 e. The molecule has 140 valence electrons. The van der Waals surface area contributed by atoms with Crippen LogP contribution in [0.15, 0.2) is 21.5 Å². The Balaban J connectivity index is 1.73. The molecule has 3 N–H and O–H groups in total. The van der Waals surface area contributed by atoms with Crippen molar-refractivity contribution in [2.45, 2.75) is 31.9 Å².